The predicted molar refractivity (Wildman–Crippen MR) is 231 cm³/mol. The summed E-state index contributed by atoms with van der Waals surface area (Å²) in [5, 5.41) is 70.5. The second-order valence-corrected chi connectivity index (χ2v) is 14.9. The summed E-state index contributed by atoms with van der Waals surface area (Å²) in [5.41, 5.74) is 0. The van der Waals surface area contributed by atoms with Crippen molar-refractivity contribution in [3.8, 4) is 0 Å². The number of hydrogen-bond acceptors (Lipinski definition) is 24. The van der Waals surface area contributed by atoms with E-state index < -0.39 is 0 Å². The van der Waals surface area contributed by atoms with Crippen LogP contribution in [0.1, 0.15) is 0 Å². The molecule has 0 aromatic rings. The Morgan fingerprint density at radius 2 is 1.00 bits per heavy atom. The third-order valence-corrected chi connectivity index (χ3v) is 11.2. The van der Waals surface area contributed by atoms with Gasteiger partial charge < -0.3 is 121 Å². The third-order valence-electron chi connectivity index (χ3n) is 11.2. The second kappa shape index (κ2) is 17.4. The van der Waals surface area contributed by atoms with Crippen molar-refractivity contribution in [2.75, 3.05) is 35.2 Å². The number of fused-ring (bicyclic) bond motifs is 6. The summed E-state index contributed by atoms with van der Waals surface area (Å²) in [7, 11) is 9.07. The van der Waals surface area contributed by atoms with E-state index in [9.17, 15) is 0 Å². The quantitative estimate of drug-likeness (QED) is 0.115. The number of rotatable bonds is 6. The Morgan fingerprint density at radius 1 is 0.442 bits per heavy atom. The van der Waals surface area contributed by atoms with Crippen molar-refractivity contribution in [2.45, 2.75) is 34.1 Å². The van der Waals surface area contributed by atoms with Crippen LogP contribution in [0.25, 0.3) is 0 Å². The van der Waals surface area contributed by atoms with Gasteiger partial charge in [0.05, 0.1) is 0 Å². The Morgan fingerprint density at radius 3 is 1.69 bits per heavy atom. The molecule has 7 aliphatic rings. The lowest BCUT2D eigenvalue weighted by Crippen LogP contribution is -2.99. The van der Waals surface area contributed by atoms with E-state index in [2.05, 4.69) is 177 Å². The Labute approximate surface area is 317 Å². The fourth-order valence-electron chi connectivity index (χ4n) is 8.10. The molecule has 0 unspecified atom stereocenters. The van der Waals surface area contributed by atoms with Gasteiger partial charge >= 0.3 is 85.4 Å². The molecule has 0 aromatic heterocycles. The molecule has 7 rings (SSSR count). The van der Waals surface area contributed by atoms with Crippen molar-refractivity contribution in [1.82, 2.24) is 121 Å². The van der Waals surface area contributed by atoms with E-state index in [1.807, 2.05) is 21.6 Å². The molecule has 0 spiro atoms. The lowest BCUT2D eigenvalue weighted by molar-refractivity contribution is 0.642. The zero-order valence-corrected chi connectivity index (χ0v) is 32.1. The number of hydrogen-bond donors (Lipinski definition) is 19. The Bertz CT molecular complexity index is 1170. The molecule has 0 aromatic carbocycles. The molecule has 0 atom stereocenters. The summed E-state index contributed by atoms with van der Waals surface area (Å²) < 4.78 is 11.5. The van der Waals surface area contributed by atoms with Gasteiger partial charge in [-0.1, -0.05) is 34.1 Å². The molecular weight excluding hydrogens is 651 g/mol. The topological polar surface area (TPSA) is 245 Å². The third kappa shape index (κ3) is 8.70. The first-order valence-electron chi connectivity index (χ1n) is 18.7. The van der Waals surface area contributed by atoms with E-state index in [0.29, 0.717) is 0 Å². The molecule has 42 heteroatoms. The lowest BCUT2D eigenvalue weighted by Gasteiger charge is -2.54. The molecular formula is C10H49B18N24. The standard InChI is InChI=1S/C10H49B18N24/c1-12-33-13(2)35-23(34-12)51-24-36-14(3)37-25(47-24)52(26-38-16(5)49(9)21(30-7)46-26)28-45-19(41-20(29-6)50(28)10)40-17-39-18(44-27(51)43-17)42-22-32-11-31-15(4)48(22)8/h29-47H,1-10H3. The van der Waals surface area contributed by atoms with E-state index in [-0.39, 0.29) is 120 Å². The second-order valence-electron chi connectivity index (χ2n) is 14.9. The van der Waals surface area contributed by atoms with Crippen molar-refractivity contribution in [3.05, 3.63) is 0 Å². The SMILES string of the molecule is CNB1NB(N2B3NB(C)NB(N3)N(B3NB(C)NB(C)N3)B3NB(NB(NB4N[B]NB(C)N4C)N3)NB3NB(NC)N(C)B2N3)NB(C)N1C. The first kappa shape index (κ1) is 40.4. The van der Waals surface area contributed by atoms with Crippen LogP contribution >= 0.6 is 0 Å². The molecule has 7 aliphatic heterocycles. The molecule has 1 radical (unpaired) electrons. The van der Waals surface area contributed by atoms with Crippen molar-refractivity contribution in [3.63, 3.8) is 0 Å². The monoisotopic (exact) mass is 704 g/mol. The molecule has 24 nitrogen and oxygen atoms in total. The molecule has 263 valence electrons. The molecule has 6 bridgehead atoms. The summed E-state index contributed by atoms with van der Waals surface area (Å²) in [4.78, 5) is 0. The summed E-state index contributed by atoms with van der Waals surface area (Å²) in [6.07, 6.45) is 0. The zero-order chi connectivity index (χ0) is 36.8. The van der Waals surface area contributed by atoms with Crippen LogP contribution in [0, 0.1) is 0 Å². The predicted octanol–water partition coefficient (Wildman–Crippen LogP) is -14.1. The van der Waals surface area contributed by atoms with Gasteiger partial charge in [0, 0.05) is 0 Å². The molecule has 0 amide bonds. The van der Waals surface area contributed by atoms with Crippen molar-refractivity contribution >= 4 is 128 Å². The van der Waals surface area contributed by atoms with Gasteiger partial charge in [0.2, 0.25) is 0 Å². The van der Waals surface area contributed by atoms with Crippen LogP contribution in [0.3, 0.4) is 0 Å². The van der Waals surface area contributed by atoms with E-state index >= 15 is 0 Å². The Balaban J connectivity index is 1.27. The van der Waals surface area contributed by atoms with E-state index in [1.165, 1.54) is 0 Å². The minimum Gasteiger partial charge on any atom is -0.375 e. The smallest absolute Gasteiger partial charge is 0.375 e. The van der Waals surface area contributed by atoms with Crippen molar-refractivity contribution < 1.29 is 0 Å². The van der Waals surface area contributed by atoms with Crippen LogP contribution < -0.4 is 97.8 Å². The largest absolute Gasteiger partial charge is 0.378 e. The zero-order valence-electron chi connectivity index (χ0n) is 32.1. The van der Waals surface area contributed by atoms with Gasteiger partial charge in [-0.3, -0.25) is 0 Å². The molecule has 7 saturated heterocycles. The maximum Gasteiger partial charge on any atom is 0.378 e. The van der Waals surface area contributed by atoms with Crippen LogP contribution in [0.4, 0.5) is 0 Å². The van der Waals surface area contributed by atoms with Crippen LogP contribution in [0.15, 0.2) is 0 Å². The first-order valence-corrected chi connectivity index (χ1v) is 18.7. The normalized spacial score (nSPS) is 25.9. The van der Waals surface area contributed by atoms with E-state index in [0.717, 1.165) is 0 Å². The van der Waals surface area contributed by atoms with Crippen LogP contribution in [-0.4, -0.2) is 187 Å². The summed E-state index contributed by atoms with van der Waals surface area (Å²) in [6, 6.07) is 0. The highest BCUT2D eigenvalue weighted by molar-refractivity contribution is 7.05. The van der Waals surface area contributed by atoms with Gasteiger partial charge in [-0.05, 0) is 35.2 Å². The number of nitrogens with one attached hydrogen (secondary N) is 19. The van der Waals surface area contributed by atoms with Gasteiger partial charge in [0.25, 0.3) is 42.5 Å². The molecule has 0 aliphatic carbocycles. The van der Waals surface area contributed by atoms with Gasteiger partial charge in [0.15, 0.2) is 0 Å². The van der Waals surface area contributed by atoms with Gasteiger partial charge in [-0.2, -0.15) is 0 Å². The van der Waals surface area contributed by atoms with Crippen LogP contribution in [0.2, 0.25) is 34.1 Å². The van der Waals surface area contributed by atoms with Crippen molar-refractivity contribution in [2.24, 2.45) is 0 Å². The molecule has 52 heavy (non-hydrogen) atoms. The molecule has 7 heterocycles. The minimum atomic E-state index is -0.355. The molecule has 7 fully saturated rings. The van der Waals surface area contributed by atoms with Gasteiger partial charge in [-0.15, -0.1) is 0 Å². The average molecular weight is 700 g/mol. The van der Waals surface area contributed by atoms with Crippen molar-refractivity contribution in [1.29, 1.82) is 0 Å². The van der Waals surface area contributed by atoms with Gasteiger partial charge in [-0.25, -0.2) is 0 Å². The Kier molecular flexibility index (Phi) is 13.5. The number of nitrogens with zero attached hydrogens (tertiary/aromatic N) is 5. The fourth-order valence-corrected chi connectivity index (χ4v) is 8.10. The van der Waals surface area contributed by atoms with E-state index in [4.69, 9.17) is 0 Å². The van der Waals surface area contributed by atoms with Gasteiger partial charge in [0.1, 0.15) is 0 Å². The molecule has 0 saturated carbocycles. The molecule has 19 N–H and O–H groups in total. The maximum absolute atomic E-state index is 3.99. The highest BCUT2D eigenvalue weighted by atomic mass is 15.4. The maximum atomic E-state index is 3.99. The Hall–Kier alpha value is 0.209. The van der Waals surface area contributed by atoms with Crippen LogP contribution in [0.5, 0.6) is 0 Å². The first-order chi connectivity index (χ1) is 24.9. The summed E-state index contributed by atoms with van der Waals surface area (Å²) in [6.45, 7) is 11.1. The summed E-state index contributed by atoms with van der Waals surface area (Å²) >= 11 is 0. The minimum absolute atomic E-state index is 0.0586. The van der Waals surface area contributed by atoms with Crippen LogP contribution in [-0.2, 0) is 0 Å². The highest BCUT2D eigenvalue weighted by Gasteiger charge is 2.58. The lowest BCUT2D eigenvalue weighted by atomic mass is 9.42. The fraction of sp³-hybridized carbons (Fsp3) is 1.00. The van der Waals surface area contributed by atoms with E-state index in [1.54, 1.807) is 0 Å². The highest BCUT2D eigenvalue weighted by Crippen LogP contribution is 2.12. The average Bonchev–Trinajstić information content (AvgIpc) is 3.08. The summed E-state index contributed by atoms with van der Waals surface area (Å²) in [5.74, 6) is 0.